The summed E-state index contributed by atoms with van der Waals surface area (Å²) in [6, 6.07) is 9.98. The smallest absolute Gasteiger partial charge is 0.239 e. The van der Waals surface area contributed by atoms with Gasteiger partial charge >= 0.3 is 0 Å². The van der Waals surface area contributed by atoms with Crippen molar-refractivity contribution in [2.45, 2.75) is 39.2 Å². The maximum Gasteiger partial charge on any atom is 0.239 e. The zero-order valence-electron chi connectivity index (χ0n) is 12.3. The monoisotopic (exact) mass is 262 g/mol. The number of rotatable bonds is 7. The summed E-state index contributed by atoms with van der Waals surface area (Å²) in [4.78, 5) is 13.8. The molecule has 2 N–H and O–H groups in total. The number of nitrogens with zero attached hydrogens (tertiary/aromatic N) is 1. The summed E-state index contributed by atoms with van der Waals surface area (Å²) in [5.74, 6) is 0.512. The molecule has 0 aliphatic heterocycles. The topological polar surface area (TPSA) is 46.3 Å². The van der Waals surface area contributed by atoms with E-state index in [0.29, 0.717) is 5.92 Å². The van der Waals surface area contributed by atoms with Gasteiger partial charge in [0.15, 0.2) is 0 Å². The molecular weight excluding hydrogens is 236 g/mol. The Hall–Kier alpha value is -1.35. The first kappa shape index (κ1) is 15.7. The Morgan fingerprint density at radius 1 is 1.26 bits per heavy atom. The predicted molar refractivity (Wildman–Crippen MR) is 79.8 cm³/mol. The molecule has 0 unspecified atom stereocenters. The second-order valence-corrected chi connectivity index (χ2v) is 5.58. The summed E-state index contributed by atoms with van der Waals surface area (Å²) in [6.07, 6.45) is 2.72. The van der Waals surface area contributed by atoms with Crippen LogP contribution >= 0.6 is 0 Å². The highest BCUT2D eigenvalue weighted by Crippen LogP contribution is 2.07. The van der Waals surface area contributed by atoms with Gasteiger partial charge < -0.3 is 10.6 Å². The van der Waals surface area contributed by atoms with Crippen LogP contribution in [0.3, 0.4) is 0 Å². The Kier molecular flexibility index (Phi) is 6.57. The predicted octanol–water partition coefficient (Wildman–Crippen LogP) is 2.45. The van der Waals surface area contributed by atoms with Crippen molar-refractivity contribution in [2.24, 2.45) is 11.7 Å². The van der Waals surface area contributed by atoms with E-state index in [1.165, 1.54) is 5.56 Å². The standard InChI is InChI=1S/C16H26N2O/c1-13(2)12-15(17)16(19)18(3)11-7-10-14-8-5-4-6-9-14/h4-6,8-9,13,15H,7,10-12,17H2,1-3H3/t15-/m0/s1. The highest BCUT2D eigenvalue weighted by Gasteiger charge is 2.18. The van der Waals surface area contributed by atoms with E-state index in [9.17, 15) is 4.79 Å². The molecule has 0 heterocycles. The van der Waals surface area contributed by atoms with Gasteiger partial charge in [-0.1, -0.05) is 44.2 Å². The minimum Gasteiger partial charge on any atom is -0.344 e. The van der Waals surface area contributed by atoms with E-state index >= 15 is 0 Å². The van der Waals surface area contributed by atoms with Crippen molar-refractivity contribution < 1.29 is 4.79 Å². The van der Waals surface area contributed by atoms with Crippen molar-refractivity contribution in [2.75, 3.05) is 13.6 Å². The van der Waals surface area contributed by atoms with Gasteiger partial charge in [0.1, 0.15) is 0 Å². The maximum atomic E-state index is 12.0. The van der Waals surface area contributed by atoms with E-state index in [2.05, 4.69) is 26.0 Å². The summed E-state index contributed by atoms with van der Waals surface area (Å²) in [6.45, 7) is 4.94. The van der Waals surface area contributed by atoms with Crippen LogP contribution in [-0.2, 0) is 11.2 Å². The van der Waals surface area contributed by atoms with Crippen molar-refractivity contribution in [1.29, 1.82) is 0 Å². The molecule has 1 rings (SSSR count). The first-order valence-corrected chi connectivity index (χ1v) is 7.05. The van der Waals surface area contributed by atoms with E-state index in [1.807, 2.05) is 25.2 Å². The molecule has 0 bridgehead atoms. The largest absolute Gasteiger partial charge is 0.344 e. The third-order valence-corrected chi connectivity index (χ3v) is 3.22. The molecule has 1 amide bonds. The number of hydrogen-bond acceptors (Lipinski definition) is 2. The minimum absolute atomic E-state index is 0.0572. The zero-order chi connectivity index (χ0) is 14.3. The average molecular weight is 262 g/mol. The van der Waals surface area contributed by atoms with Gasteiger partial charge in [-0.25, -0.2) is 0 Å². The summed E-state index contributed by atoms with van der Waals surface area (Å²) in [7, 11) is 1.84. The second kappa shape index (κ2) is 7.95. The van der Waals surface area contributed by atoms with Crippen LogP contribution in [0.4, 0.5) is 0 Å². The summed E-state index contributed by atoms with van der Waals surface area (Å²) >= 11 is 0. The molecule has 0 spiro atoms. The quantitative estimate of drug-likeness (QED) is 0.820. The van der Waals surface area contributed by atoms with Gasteiger partial charge in [-0.2, -0.15) is 0 Å². The lowest BCUT2D eigenvalue weighted by molar-refractivity contribution is -0.131. The van der Waals surface area contributed by atoms with Crippen LogP contribution in [0, 0.1) is 5.92 Å². The fraction of sp³-hybridized carbons (Fsp3) is 0.562. The normalized spacial score (nSPS) is 12.5. The van der Waals surface area contributed by atoms with Gasteiger partial charge in [0, 0.05) is 13.6 Å². The molecular formula is C16H26N2O. The van der Waals surface area contributed by atoms with Crippen molar-refractivity contribution in [3.8, 4) is 0 Å². The van der Waals surface area contributed by atoms with E-state index in [1.54, 1.807) is 4.90 Å². The van der Waals surface area contributed by atoms with Gasteiger partial charge in [0.05, 0.1) is 6.04 Å². The Labute approximate surface area is 116 Å². The molecule has 1 aromatic rings. The number of hydrogen-bond donors (Lipinski definition) is 1. The fourth-order valence-electron chi connectivity index (χ4n) is 2.17. The number of aryl methyl sites for hydroxylation is 1. The number of carbonyl (C=O) groups excluding carboxylic acids is 1. The van der Waals surface area contributed by atoms with Crippen LogP contribution in [0.2, 0.25) is 0 Å². The van der Waals surface area contributed by atoms with Crippen molar-refractivity contribution in [3.05, 3.63) is 35.9 Å². The first-order valence-electron chi connectivity index (χ1n) is 7.05. The SMILES string of the molecule is CC(C)C[C@H](N)C(=O)N(C)CCCc1ccccc1. The van der Waals surface area contributed by atoms with Crippen molar-refractivity contribution >= 4 is 5.91 Å². The van der Waals surface area contributed by atoms with Gasteiger partial charge in [-0.15, -0.1) is 0 Å². The Morgan fingerprint density at radius 3 is 2.47 bits per heavy atom. The summed E-state index contributed by atoms with van der Waals surface area (Å²) < 4.78 is 0. The van der Waals surface area contributed by atoms with E-state index in [-0.39, 0.29) is 11.9 Å². The van der Waals surface area contributed by atoms with Crippen molar-refractivity contribution in [1.82, 2.24) is 4.90 Å². The van der Waals surface area contributed by atoms with E-state index < -0.39 is 0 Å². The van der Waals surface area contributed by atoms with E-state index in [0.717, 1.165) is 25.8 Å². The first-order chi connectivity index (χ1) is 9.00. The van der Waals surface area contributed by atoms with Gasteiger partial charge in [0.2, 0.25) is 5.91 Å². The van der Waals surface area contributed by atoms with Gasteiger partial charge in [-0.05, 0) is 30.7 Å². The minimum atomic E-state index is -0.360. The molecule has 3 heteroatoms. The lowest BCUT2D eigenvalue weighted by Gasteiger charge is -2.22. The maximum absolute atomic E-state index is 12.0. The van der Waals surface area contributed by atoms with Crippen LogP contribution in [-0.4, -0.2) is 30.4 Å². The van der Waals surface area contributed by atoms with Crippen LogP contribution in [0.1, 0.15) is 32.3 Å². The molecule has 1 aromatic carbocycles. The molecule has 1 atom stereocenters. The molecule has 0 aliphatic carbocycles. The lowest BCUT2D eigenvalue weighted by Crippen LogP contribution is -2.42. The van der Waals surface area contributed by atoms with E-state index in [4.69, 9.17) is 5.73 Å². The third kappa shape index (κ3) is 5.88. The van der Waals surface area contributed by atoms with Gasteiger partial charge in [-0.3, -0.25) is 4.79 Å². The number of carbonyl (C=O) groups is 1. The van der Waals surface area contributed by atoms with Crippen LogP contribution < -0.4 is 5.73 Å². The summed E-state index contributed by atoms with van der Waals surface area (Å²) in [5.41, 5.74) is 7.23. The fourth-order valence-corrected chi connectivity index (χ4v) is 2.17. The second-order valence-electron chi connectivity index (χ2n) is 5.58. The molecule has 0 aromatic heterocycles. The highest BCUT2D eigenvalue weighted by atomic mass is 16.2. The Balaban J connectivity index is 2.30. The molecule has 0 fully saturated rings. The molecule has 106 valence electrons. The molecule has 3 nitrogen and oxygen atoms in total. The van der Waals surface area contributed by atoms with Crippen LogP contribution in [0.5, 0.6) is 0 Å². The van der Waals surface area contributed by atoms with Crippen LogP contribution in [0.15, 0.2) is 30.3 Å². The zero-order valence-corrected chi connectivity index (χ0v) is 12.3. The number of nitrogens with two attached hydrogens (primary N) is 1. The van der Waals surface area contributed by atoms with Crippen LogP contribution in [0.25, 0.3) is 0 Å². The molecule has 0 aliphatic rings. The summed E-state index contributed by atoms with van der Waals surface area (Å²) in [5, 5.41) is 0. The molecule has 0 saturated carbocycles. The number of amides is 1. The Morgan fingerprint density at radius 2 is 1.89 bits per heavy atom. The number of likely N-dealkylation sites (N-methyl/N-ethyl adjacent to an activating group) is 1. The molecule has 0 saturated heterocycles. The number of benzene rings is 1. The van der Waals surface area contributed by atoms with Crippen molar-refractivity contribution in [3.63, 3.8) is 0 Å². The average Bonchev–Trinajstić information content (AvgIpc) is 2.38. The Bertz CT molecular complexity index is 376. The molecule has 19 heavy (non-hydrogen) atoms. The molecule has 0 radical (unpaired) electrons. The lowest BCUT2D eigenvalue weighted by atomic mass is 10.0. The third-order valence-electron chi connectivity index (χ3n) is 3.22. The highest BCUT2D eigenvalue weighted by molar-refractivity contribution is 5.81. The van der Waals surface area contributed by atoms with Gasteiger partial charge in [0.25, 0.3) is 0 Å².